The van der Waals surface area contributed by atoms with Crippen LogP contribution in [0.2, 0.25) is 0 Å². The Balaban J connectivity index is 1.05. The van der Waals surface area contributed by atoms with Crippen molar-refractivity contribution in [1.29, 1.82) is 0 Å². The lowest BCUT2D eigenvalue weighted by molar-refractivity contribution is -0.145. The molecule has 14 amide bonds. The average molecular weight is 1780 g/mol. The summed E-state index contributed by atoms with van der Waals surface area (Å²) in [4.78, 5) is 236. The third kappa shape index (κ3) is 27.7. The number of amides is 14. The molecule has 9 rings (SSSR count). The highest BCUT2D eigenvalue weighted by Crippen LogP contribution is 2.39. The molecular weight excluding hydrogens is 1650 g/mol. The number of nitrogens with one attached hydrogen (secondary N) is 13. The molecule has 1 spiro atoms. The van der Waals surface area contributed by atoms with Crippen LogP contribution in [0.15, 0.2) is 104 Å². The fourth-order valence-corrected chi connectivity index (χ4v) is 17.5. The minimum atomic E-state index is -1.70. The molecule has 6 aromatic rings. The van der Waals surface area contributed by atoms with E-state index >= 15 is 14.4 Å². The molecule has 0 radical (unpaired) electrons. The molecule has 36 nitrogen and oxygen atoms in total. The third-order valence-electron chi connectivity index (χ3n) is 24.6. The second kappa shape index (κ2) is 47.3. The van der Waals surface area contributed by atoms with E-state index < -0.39 is 199 Å². The van der Waals surface area contributed by atoms with Gasteiger partial charge in [0.1, 0.15) is 48.3 Å². The van der Waals surface area contributed by atoms with Crippen molar-refractivity contribution in [1.82, 2.24) is 92.7 Å². The van der Waals surface area contributed by atoms with E-state index in [0.717, 1.165) is 68.2 Å². The van der Waals surface area contributed by atoms with Gasteiger partial charge in [-0.2, -0.15) is 11.8 Å². The zero-order valence-electron chi connectivity index (χ0n) is 74.3. The van der Waals surface area contributed by atoms with E-state index in [1.807, 2.05) is 102 Å². The predicted molar refractivity (Wildman–Crippen MR) is 479 cm³/mol. The van der Waals surface area contributed by atoms with Gasteiger partial charge in [-0.05, 0) is 127 Å². The molecule has 5 heterocycles. The molecule has 1 saturated carbocycles. The lowest BCUT2D eigenvalue weighted by Crippen LogP contribution is -2.62. The van der Waals surface area contributed by atoms with E-state index in [-0.39, 0.29) is 93.8 Å². The first-order valence-electron chi connectivity index (χ1n) is 44.0. The molecule has 0 bridgehead atoms. The van der Waals surface area contributed by atoms with Crippen molar-refractivity contribution in [2.75, 3.05) is 58.9 Å². The summed E-state index contributed by atoms with van der Waals surface area (Å²) in [7, 11) is 5.12. The van der Waals surface area contributed by atoms with Crippen LogP contribution in [-0.4, -0.2) is 276 Å². The fourth-order valence-electron chi connectivity index (χ4n) is 16.6. The van der Waals surface area contributed by atoms with Crippen LogP contribution in [-0.2, 0) is 97.6 Å². The number of rotatable bonds is 23. The summed E-state index contributed by atoms with van der Waals surface area (Å²) in [6.07, 6.45) is 10.1. The van der Waals surface area contributed by atoms with Crippen molar-refractivity contribution in [3.05, 3.63) is 126 Å². The number of Topliss-reactive ketones (excluding diaryl/α,β-unsaturated/α-hetero) is 1. The van der Waals surface area contributed by atoms with Gasteiger partial charge in [0.25, 0.3) is 0 Å². The first-order valence-corrected chi connectivity index (χ1v) is 45.2. The van der Waals surface area contributed by atoms with E-state index in [9.17, 15) is 62.6 Å². The average Bonchev–Trinajstić information content (AvgIpc) is 1.63. The molecule has 1 aliphatic carbocycles. The Hall–Kier alpha value is -11.6. The van der Waals surface area contributed by atoms with Gasteiger partial charge in [0, 0.05) is 110 Å². The molecular formula is C90H128N20O16S. The normalized spacial score (nSPS) is 25.6. The number of aromatic nitrogens is 4. The van der Waals surface area contributed by atoms with Crippen molar-refractivity contribution in [3.8, 4) is 0 Å². The van der Waals surface area contributed by atoms with Gasteiger partial charge in [-0.1, -0.05) is 120 Å². The zero-order valence-corrected chi connectivity index (χ0v) is 75.1. The number of para-hydroxylation sites is 2. The number of aliphatic hydroxyl groups is 1. The number of benzene rings is 3. The van der Waals surface area contributed by atoms with Gasteiger partial charge in [-0.25, -0.2) is 4.98 Å². The van der Waals surface area contributed by atoms with E-state index in [4.69, 9.17) is 11.5 Å². The molecule has 2 unspecified atom stereocenters. The number of thioether (sulfide) groups is 1. The van der Waals surface area contributed by atoms with Gasteiger partial charge >= 0.3 is 0 Å². The minimum Gasteiger partial charge on any atom is -0.394 e. The lowest BCUT2D eigenvalue weighted by atomic mass is 9.93. The van der Waals surface area contributed by atoms with E-state index in [1.54, 1.807) is 42.6 Å². The van der Waals surface area contributed by atoms with Gasteiger partial charge in [-0.3, -0.25) is 81.7 Å². The molecule has 690 valence electrons. The molecule has 14 atom stereocenters. The summed E-state index contributed by atoms with van der Waals surface area (Å²) in [5.41, 5.74) is 13.8. The Morgan fingerprint density at radius 3 is 1.82 bits per heavy atom. The number of aromatic amines is 3. The number of fused-ring (bicyclic) bond motifs is 3. The van der Waals surface area contributed by atoms with Crippen LogP contribution in [0.3, 0.4) is 0 Å². The second-order valence-electron chi connectivity index (χ2n) is 34.3. The van der Waals surface area contributed by atoms with Gasteiger partial charge in [0.2, 0.25) is 82.7 Å². The second-order valence-corrected chi connectivity index (χ2v) is 35.3. The highest BCUT2D eigenvalue weighted by molar-refractivity contribution is 7.99. The van der Waals surface area contributed by atoms with E-state index in [0.29, 0.717) is 42.5 Å². The number of aliphatic hydroxyl groups excluding tert-OH is 1. The Kier molecular flexibility index (Phi) is 36.9. The molecule has 127 heavy (non-hydrogen) atoms. The zero-order chi connectivity index (χ0) is 92.3. The summed E-state index contributed by atoms with van der Waals surface area (Å²) < 4.78 is 0. The van der Waals surface area contributed by atoms with Crippen LogP contribution in [0.4, 0.5) is 0 Å². The Bertz CT molecular complexity index is 4810. The smallest absolute Gasteiger partial charge is 0.246 e. The van der Waals surface area contributed by atoms with Crippen LogP contribution in [0.25, 0.3) is 21.8 Å². The Morgan fingerprint density at radius 2 is 1.20 bits per heavy atom. The number of H-pyrrole nitrogens is 3. The molecule has 18 N–H and O–H groups in total. The number of primary amides is 2. The summed E-state index contributed by atoms with van der Waals surface area (Å²) in [6, 6.07) is 9.28. The fraction of sp³-hybridized carbons (Fsp3) is 0.556. The van der Waals surface area contributed by atoms with Gasteiger partial charge in [0.05, 0.1) is 61.4 Å². The van der Waals surface area contributed by atoms with Crippen LogP contribution in [0.1, 0.15) is 161 Å². The SMILES string of the molecule is CCCC[C@H]1C(=O)NC2(CC2)C(=O)C[C@H](C(=O)NCC(N)=O)CSCC(=O)N[C@@H](Cc2ccccc2)C(=O)N(C)[C@@H](C)C(=O)N[C@@H](CC(N)=O)C(=O)N2CCC[C@H]2C(=O)N[C@@H](Cc2c[nH]cn2)C(=O)N[C@@H](CCC(C)C)C(=O)NCC(=O)N[C@@H](Cc2c[nH]c3ccccc23)C(=O)N[C@@H](CO)C(=O)N[C@@H](Cc2c[nH]c3ccccc23)C(C)N(C)[C@@H](CCCC)C(C)N1C. The van der Waals surface area contributed by atoms with Crippen molar-refractivity contribution < 1.29 is 77.0 Å². The van der Waals surface area contributed by atoms with Crippen LogP contribution in [0.5, 0.6) is 0 Å². The summed E-state index contributed by atoms with van der Waals surface area (Å²) in [6.45, 7) is 11.0. The number of likely N-dealkylation sites (N-methyl/N-ethyl adjacent to an activating group) is 3. The number of imidazole rings is 1. The largest absolute Gasteiger partial charge is 0.394 e. The summed E-state index contributed by atoms with van der Waals surface area (Å²) >= 11 is 0.961. The van der Waals surface area contributed by atoms with Crippen molar-refractivity contribution in [2.24, 2.45) is 23.3 Å². The van der Waals surface area contributed by atoms with Crippen LogP contribution in [0, 0.1) is 11.8 Å². The maximum atomic E-state index is 15.2. The predicted octanol–water partition coefficient (Wildman–Crippen LogP) is 1.63. The highest BCUT2D eigenvalue weighted by atomic mass is 32.2. The monoisotopic (exact) mass is 1780 g/mol. The van der Waals surface area contributed by atoms with E-state index in [2.05, 4.69) is 84.9 Å². The molecule has 37 heteroatoms. The summed E-state index contributed by atoms with van der Waals surface area (Å²) in [5, 5.41) is 40.7. The minimum absolute atomic E-state index is 0.0125. The highest BCUT2D eigenvalue weighted by Gasteiger charge is 2.53. The quantitative estimate of drug-likeness (QED) is 0.0433. The molecule has 2 aliphatic heterocycles. The first kappa shape index (κ1) is 99.2. The molecule has 2 saturated heterocycles. The van der Waals surface area contributed by atoms with Gasteiger partial charge < -0.3 is 94.5 Å². The number of nitrogens with two attached hydrogens (primary N) is 2. The number of ketones is 1. The molecule has 3 fully saturated rings. The van der Waals surface area contributed by atoms with Crippen LogP contribution >= 0.6 is 11.8 Å². The number of unbranched alkanes of at least 4 members (excludes halogenated alkanes) is 2. The van der Waals surface area contributed by atoms with E-state index in [1.165, 1.54) is 26.5 Å². The van der Waals surface area contributed by atoms with Crippen molar-refractivity contribution in [2.45, 2.75) is 248 Å². The van der Waals surface area contributed by atoms with Crippen LogP contribution < -0.4 is 64.6 Å². The standard InChI is InChI=1S/C90H128N20O16S/c1-11-13-29-72-54(6)108(9)73(30-14-12-2)87(124)106-90(34-35-90)75(112)40-59(81(118)96-46-77(92)114)49-127-50-79(116)100-69(37-56-23-16-15-17-24-56)88(125)109(10)55(7)80(117)104-70(42-76(91)113)89(126)110-36-22-31-74(110)86(123)103-68(41-60-45-93-51-98-60)84(121)101-65(33-32-52(3)4)82(119)97-47-78(115)99-67(39-58-44-95-64-28-21-19-26-62(58)64)83(120)105-71(48-111)85(122)102-66(53(5)107(72)8)38-57-43-94-63-27-20-18-25-61(57)63/h15-21,23-28,43-45,51-55,59,65-74,94-95,111H,11-14,22,29-42,46-50H2,1-10H3,(H2,91,113)(H2,92,114)(H,93,98)(H,96,118)(H,97,119)(H,99,115)(H,100,116)(H,101,121)(H,102,122)(H,103,123)(H,104,117)(H,105,120)(H,106,124)/t53?,54?,55-,59-,65-,66-,67-,68-,69-,70-,71-,72-,73-,74-/m0/s1. The topological polar surface area (TPSA) is 522 Å². The Labute approximate surface area is 744 Å². The first-order chi connectivity index (χ1) is 60.6. The number of hydrogen-bond acceptors (Lipinski definition) is 20. The maximum Gasteiger partial charge on any atom is 0.246 e. The molecule has 3 aromatic heterocycles. The number of hydrogen-bond donors (Lipinski definition) is 16. The van der Waals surface area contributed by atoms with Crippen molar-refractivity contribution in [3.63, 3.8) is 0 Å². The Morgan fingerprint density at radius 1 is 0.606 bits per heavy atom. The van der Waals surface area contributed by atoms with Crippen molar-refractivity contribution >= 4 is 122 Å². The number of nitrogens with zero attached hydrogens (tertiary/aromatic N) is 5. The van der Waals surface area contributed by atoms with Gasteiger partial charge in [0.15, 0.2) is 5.78 Å². The maximum absolute atomic E-state index is 15.2. The molecule has 3 aliphatic rings. The lowest BCUT2D eigenvalue weighted by Gasteiger charge is -2.45. The third-order valence-corrected chi connectivity index (χ3v) is 25.7. The number of carbonyl (C=O) groups excluding carboxylic acids is 15. The molecule has 3 aromatic carbocycles. The summed E-state index contributed by atoms with van der Waals surface area (Å²) in [5.74, 6) is -13.4. The number of carbonyl (C=O) groups is 15. The van der Waals surface area contributed by atoms with Gasteiger partial charge in [-0.15, -0.1) is 0 Å².